The second-order valence-corrected chi connectivity index (χ2v) is 10.0. The minimum absolute atomic E-state index is 0.254. The van der Waals surface area contributed by atoms with Crippen molar-refractivity contribution in [2.75, 3.05) is 25.5 Å². The highest BCUT2D eigenvalue weighted by atomic mass is 127. The van der Waals surface area contributed by atoms with Gasteiger partial charge >= 0.3 is 6.09 Å². The first-order chi connectivity index (χ1) is 14.6. The van der Waals surface area contributed by atoms with Crippen LogP contribution in [-0.2, 0) is 24.2 Å². The number of benzene rings is 1. The van der Waals surface area contributed by atoms with Crippen molar-refractivity contribution in [1.82, 2.24) is 24.6 Å². The molecular weight excluding hydrogens is 507 g/mol. The predicted octanol–water partition coefficient (Wildman–Crippen LogP) is 3.84. The van der Waals surface area contributed by atoms with E-state index in [-0.39, 0.29) is 6.09 Å². The third-order valence-electron chi connectivity index (χ3n) is 5.16. The zero-order valence-corrected chi connectivity index (χ0v) is 20.7. The summed E-state index contributed by atoms with van der Waals surface area (Å²) in [7, 11) is 3.94. The van der Waals surface area contributed by atoms with E-state index >= 15 is 0 Å². The number of rotatable bonds is 3. The van der Waals surface area contributed by atoms with Crippen molar-refractivity contribution >= 4 is 45.5 Å². The van der Waals surface area contributed by atoms with Gasteiger partial charge in [0, 0.05) is 27.2 Å². The van der Waals surface area contributed by atoms with Crippen LogP contribution in [0.1, 0.15) is 37.5 Å². The molecule has 0 bridgehead atoms. The summed E-state index contributed by atoms with van der Waals surface area (Å²) in [6.45, 7) is 7.54. The predicted molar refractivity (Wildman–Crippen MR) is 128 cm³/mol. The van der Waals surface area contributed by atoms with E-state index < -0.39 is 5.60 Å². The monoisotopic (exact) mass is 534 g/mol. The number of hydrogen-bond acceptors (Lipinski definition) is 6. The number of aromatic nitrogens is 4. The maximum atomic E-state index is 12.4. The topological polar surface area (TPSA) is 76.4 Å². The summed E-state index contributed by atoms with van der Waals surface area (Å²) in [5.41, 5.74) is 3.94. The SMILES string of the molecule is CN(C)c1ncnc2c1c(I)nn2Cc1ccc2c(c1)CCN(C(=O)OC(C)(C)C)C2. The van der Waals surface area contributed by atoms with Crippen molar-refractivity contribution in [3.8, 4) is 0 Å². The quantitative estimate of drug-likeness (QED) is 0.476. The fourth-order valence-corrected chi connectivity index (χ4v) is 4.50. The molecule has 0 saturated heterocycles. The zero-order valence-electron chi connectivity index (χ0n) is 18.5. The molecule has 2 aromatic heterocycles. The molecule has 0 saturated carbocycles. The van der Waals surface area contributed by atoms with Gasteiger partial charge in [0.15, 0.2) is 5.65 Å². The Hall–Kier alpha value is -2.43. The van der Waals surface area contributed by atoms with Crippen LogP contribution in [0.4, 0.5) is 10.6 Å². The Morgan fingerprint density at radius 2 is 2.00 bits per heavy atom. The molecule has 3 heterocycles. The molecule has 8 nitrogen and oxygen atoms in total. The van der Waals surface area contributed by atoms with Crippen molar-refractivity contribution in [2.24, 2.45) is 0 Å². The first-order valence-electron chi connectivity index (χ1n) is 10.3. The largest absolute Gasteiger partial charge is 0.444 e. The van der Waals surface area contributed by atoms with Crippen molar-refractivity contribution < 1.29 is 9.53 Å². The molecular formula is C22H27IN6O2. The Morgan fingerprint density at radius 3 is 2.71 bits per heavy atom. The highest BCUT2D eigenvalue weighted by Crippen LogP contribution is 2.28. The Balaban J connectivity index is 1.55. The van der Waals surface area contributed by atoms with Gasteiger partial charge in [0.2, 0.25) is 0 Å². The number of carbonyl (C=O) groups is 1. The maximum absolute atomic E-state index is 12.4. The lowest BCUT2D eigenvalue weighted by molar-refractivity contribution is 0.0224. The van der Waals surface area contributed by atoms with Crippen LogP contribution in [0.5, 0.6) is 0 Å². The molecule has 0 N–H and O–H groups in total. The lowest BCUT2D eigenvalue weighted by Gasteiger charge is -2.31. The third kappa shape index (κ3) is 4.60. The number of carbonyl (C=O) groups excluding carboxylic acids is 1. The lowest BCUT2D eigenvalue weighted by Crippen LogP contribution is -2.39. The molecule has 0 unspecified atom stereocenters. The Kier molecular flexibility index (Phi) is 5.80. The fourth-order valence-electron chi connectivity index (χ4n) is 3.76. The van der Waals surface area contributed by atoms with Gasteiger partial charge in [0.05, 0.1) is 11.9 Å². The highest BCUT2D eigenvalue weighted by Gasteiger charge is 2.26. The van der Waals surface area contributed by atoms with Gasteiger partial charge < -0.3 is 14.5 Å². The number of nitrogens with zero attached hydrogens (tertiary/aromatic N) is 6. The molecule has 0 fully saturated rings. The summed E-state index contributed by atoms with van der Waals surface area (Å²) in [5, 5.41) is 5.69. The molecule has 9 heteroatoms. The van der Waals surface area contributed by atoms with Crippen LogP contribution in [-0.4, -0.2) is 57.0 Å². The van der Waals surface area contributed by atoms with Crippen molar-refractivity contribution in [3.63, 3.8) is 0 Å². The van der Waals surface area contributed by atoms with E-state index in [0.717, 1.165) is 38.1 Å². The molecule has 3 aromatic rings. The zero-order chi connectivity index (χ0) is 22.3. The second kappa shape index (κ2) is 8.25. The van der Waals surface area contributed by atoms with E-state index in [4.69, 9.17) is 9.84 Å². The van der Waals surface area contributed by atoms with Gasteiger partial charge in [-0.15, -0.1) is 0 Å². The standard InChI is InChI=1S/C22H27IN6O2/c1-22(2,3)31-21(30)28-9-8-15-10-14(6-7-16(15)12-28)11-29-20-17(18(23)26-29)19(27(4)5)24-13-25-20/h6-7,10,13H,8-9,11-12H2,1-5H3. The molecule has 164 valence electrons. The van der Waals surface area contributed by atoms with Gasteiger partial charge in [-0.2, -0.15) is 5.10 Å². The minimum atomic E-state index is -0.485. The fraction of sp³-hybridized carbons (Fsp3) is 0.455. The van der Waals surface area contributed by atoms with Crippen LogP contribution in [0.2, 0.25) is 0 Å². The lowest BCUT2D eigenvalue weighted by atomic mass is 9.97. The van der Waals surface area contributed by atoms with E-state index in [1.165, 1.54) is 5.56 Å². The first-order valence-corrected chi connectivity index (χ1v) is 11.3. The van der Waals surface area contributed by atoms with Gasteiger partial charge in [0.1, 0.15) is 21.4 Å². The maximum Gasteiger partial charge on any atom is 0.410 e. The Labute approximate surface area is 195 Å². The number of ether oxygens (including phenoxy) is 1. The third-order valence-corrected chi connectivity index (χ3v) is 5.91. The van der Waals surface area contributed by atoms with Gasteiger partial charge in [-0.25, -0.2) is 19.4 Å². The van der Waals surface area contributed by atoms with Crippen molar-refractivity contribution in [1.29, 1.82) is 0 Å². The summed E-state index contributed by atoms with van der Waals surface area (Å²) in [6, 6.07) is 6.43. The molecule has 4 rings (SSSR count). The van der Waals surface area contributed by atoms with Crippen LogP contribution >= 0.6 is 22.6 Å². The number of fused-ring (bicyclic) bond motifs is 2. The molecule has 0 aliphatic carbocycles. The Bertz CT molecular complexity index is 1130. The summed E-state index contributed by atoms with van der Waals surface area (Å²) < 4.78 is 8.35. The molecule has 1 aliphatic rings. The van der Waals surface area contributed by atoms with E-state index in [0.29, 0.717) is 19.6 Å². The number of halogens is 1. The number of anilines is 1. The average Bonchev–Trinajstić information content (AvgIpc) is 3.01. The molecule has 0 atom stereocenters. The summed E-state index contributed by atoms with van der Waals surface area (Å²) in [5.74, 6) is 0.869. The van der Waals surface area contributed by atoms with Gasteiger partial charge in [-0.3, -0.25) is 0 Å². The van der Waals surface area contributed by atoms with Crippen LogP contribution in [0.3, 0.4) is 0 Å². The molecule has 0 spiro atoms. The van der Waals surface area contributed by atoms with Gasteiger partial charge in [-0.1, -0.05) is 18.2 Å². The minimum Gasteiger partial charge on any atom is -0.444 e. The summed E-state index contributed by atoms with van der Waals surface area (Å²) in [4.78, 5) is 25.1. The van der Waals surface area contributed by atoms with Gasteiger partial charge in [0.25, 0.3) is 0 Å². The molecule has 1 aliphatic heterocycles. The van der Waals surface area contributed by atoms with E-state index in [1.54, 1.807) is 11.2 Å². The molecule has 1 aromatic carbocycles. The average molecular weight is 534 g/mol. The summed E-state index contributed by atoms with van der Waals surface area (Å²) in [6.07, 6.45) is 2.15. The molecule has 0 radical (unpaired) electrons. The van der Waals surface area contributed by atoms with Crippen molar-refractivity contribution in [2.45, 2.75) is 45.9 Å². The second-order valence-electron chi connectivity index (χ2n) is 8.99. The van der Waals surface area contributed by atoms with Crippen LogP contribution in [0.15, 0.2) is 24.5 Å². The highest BCUT2D eigenvalue weighted by molar-refractivity contribution is 14.1. The first kappa shape index (κ1) is 21.8. The van der Waals surface area contributed by atoms with Crippen molar-refractivity contribution in [3.05, 3.63) is 44.9 Å². The van der Waals surface area contributed by atoms with Crippen LogP contribution in [0.25, 0.3) is 11.0 Å². The number of hydrogen-bond donors (Lipinski definition) is 0. The number of amides is 1. The Morgan fingerprint density at radius 1 is 1.23 bits per heavy atom. The van der Waals surface area contributed by atoms with E-state index in [1.807, 2.05) is 44.4 Å². The van der Waals surface area contributed by atoms with Crippen LogP contribution < -0.4 is 4.90 Å². The van der Waals surface area contributed by atoms with Gasteiger partial charge in [-0.05, 0) is 66.5 Å². The summed E-state index contributed by atoms with van der Waals surface area (Å²) >= 11 is 2.24. The smallest absolute Gasteiger partial charge is 0.410 e. The van der Waals surface area contributed by atoms with E-state index in [9.17, 15) is 4.79 Å². The van der Waals surface area contributed by atoms with Crippen LogP contribution in [0, 0.1) is 3.70 Å². The normalized spacial score (nSPS) is 13.9. The molecule has 31 heavy (non-hydrogen) atoms. The molecule has 1 amide bonds. The van der Waals surface area contributed by atoms with E-state index in [2.05, 4.69) is 50.8 Å².